The highest BCUT2D eigenvalue weighted by atomic mass is 16.2. The average molecular weight is 379 g/mol. The standard InChI is InChI=1S/C23H30N4O/c1-2-22-24-9-10-25(22)16-23(28)27-14-17-7-8-20(27)15-26(13-17)21-11-18-5-3-4-6-19(18)12-21/h3-6,9-10,17,20-21H,2,7-8,11-16H2,1H3/t17-,20+/m0/s1. The number of piperidine rings is 1. The highest BCUT2D eigenvalue weighted by Crippen LogP contribution is 2.33. The number of amides is 1. The summed E-state index contributed by atoms with van der Waals surface area (Å²) < 4.78 is 2.02. The molecule has 4 aliphatic rings. The summed E-state index contributed by atoms with van der Waals surface area (Å²) in [4.78, 5) is 22.4. The molecule has 2 bridgehead atoms. The van der Waals surface area contributed by atoms with Gasteiger partial charge in [0.05, 0.1) is 0 Å². The predicted octanol–water partition coefficient (Wildman–Crippen LogP) is 2.54. The molecule has 0 radical (unpaired) electrons. The molecule has 4 heterocycles. The SMILES string of the molecule is CCc1nccn1CC(=O)N1C[C@H]2CC[C@@H]1CN(C1Cc3ccccc3C1)C2. The van der Waals surface area contributed by atoms with Gasteiger partial charge in [0, 0.05) is 50.5 Å². The fourth-order valence-corrected chi connectivity index (χ4v) is 5.55. The number of rotatable bonds is 4. The van der Waals surface area contributed by atoms with Crippen molar-refractivity contribution < 1.29 is 4.79 Å². The van der Waals surface area contributed by atoms with E-state index in [1.54, 1.807) is 6.20 Å². The normalized spacial score (nSPS) is 25.1. The molecular formula is C23H30N4O. The van der Waals surface area contributed by atoms with Crippen LogP contribution in [-0.4, -0.2) is 57.0 Å². The van der Waals surface area contributed by atoms with E-state index in [0.717, 1.165) is 38.3 Å². The summed E-state index contributed by atoms with van der Waals surface area (Å²) in [7, 11) is 0. The van der Waals surface area contributed by atoms with Gasteiger partial charge in [0.1, 0.15) is 12.4 Å². The molecule has 3 saturated heterocycles. The molecule has 2 atom stereocenters. The molecule has 3 aliphatic heterocycles. The maximum Gasteiger partial charge on any atom is 0.242 e. The fourth-order valence-electron chi connectivity index (χ4n) is 5.55. The topological polar surface area (TPSA) is 41.4 Å². The molecule has 0 saturated carbocycles. The number of fused-ring (bicyclic) bond motifs is 5. The van der Waals surface area contributed by atoms with Gasteiger partial charge in [-0.1, -0.05) is 31.2 Å². The van der Waals surface area contributed by atoms with Crippen LogP contribution in [0.15, 0.2) is 36.7 Å². The van der Waals surface area contributed by atoms with Crippen molar-refractivity contribution in [3.05, 3.63) is 53.6 Å². The van der Waals surface area contributed by atoms with Gasteiger partial charge in [0.15, 0.2) is 0 Å². The third-order valence-corrected chi connectivity index (χ3v) is 7.03. The van der Waals surface area contributed by atoms with Crippen LogP contribution in [0, 0.1) is 5.92 Å². The lowest BCUT2D eigenvalue weighted by Gasteiger charge is -2.36. The summed E-state index contributed by atoms with van der Waals surface area (Å²) >= 11 is 0. The zero-order valence-corrected chi connectivity index (χ0v) is 16.8. The minimum Gasteiger partial charge on any atom is -0.337 e. The summed E-state index contributed by atoms with van der Waals surface area (Å²) in [5, 5.41) is 0. The molecule has 1 aromatic carbocycles. The highest BCUT2D eigenvalue weighted by molar-refractivity contribution is 5.76. The van der Waals surface area contributed by atoms with E-state index in [1.807, 2.05) is 10.8 Å². The third-order valence-electron chi connectivity index (χ3n) is 7.03. The maximum absolute atomic E-state index is 13.1. The van der Waals surface area contributed by atoms with Gasteiger partial charge in [-0.3, -0.25) is 9.69 Å². The largest absolute Gasteiger partial charge is 0.337 e. The molecule has 0 unspecified atom stereocenters. The molecule has 0 spiro atoms. The summed E-state index contributed by atoms with van der Waals surface area (Å²) in [6.07, 6.45) is 9.35. The van der Waals surface area contributed by atoms with Crippen LogP contribution in [0.3, 0.4) is 0 Å². The Balaban J connectivity index is 1.29. The van der Waals surface area contributed by atoms with Crippen molar-refractivity contribution >= 4 is 5.91 Å². The monoisotopic (exact) mass is 378 g/mol. The summed E-state index contributed by atoms with van der Waals surface area (Å²) in [5.41, 5.74) is 3.04. The molecule has 5 heteroatoms. The number of aromatic nitrogens is 2. The minimum absolute atomic E-state index is 0.263. The van der Waals surface area contributed by atoms with Gasteiger partial charge in [-0.15, -0.1) is 0 Å². The molecule has 5 nitrogen and oxygen atoms in total. The molecule has 28 heavy (non-hydrogen) atoms. The minimum atomic E-state index is 0.263. The van der Waals surface area contributed by atoms with E-state index in [2.05, 4.69) is 46.0 Å². The molecule has 3 fully saturated rings. The van der Waals surface area contributed by atoms with E-state index >= 15 is 0 Å². The lowest BCUT2D eigenvalue weighted by Crippen LogP contribution is -2.49. The van der Waals surface area contributed by atoms with Crippen LogP contribution < -0.4 is 0 Å². The van der Waals surface area contributed by atoms with Crippen molar-refractivity contribution in [2.24, 2.45) is 5.92 Å². The number of aryl methyl sites for hydroxylation is 1. The van der Waals surface area contributed by atoms with E-state index in [0.29, 0.717) is 24.5 Å². The van der Waals surface area contributed by atoms with Gasteiger partial charge in [-0.05, 0) is 42.7 Å². The van der Waals surface area contributed by atoms with Gasteiger partial charge in [0.25, 0.3) is 0 Å². The molecular weight excluding hydrogens is 348 g/mol. The molecule has 0 N–H and O–H groups in total. The lowest BCUT2D eigenvalue weighted by molar-refractivity contribution is -0.136. The zero-order valence-electron chi connectivity index (χ0n) is 16.8. The Hall–Kier alpha value is -2.14. The van der Waals surface area contributed by atoms with Gasteiger partial charge < -0.3 is 9.47 Å². The first-order valence-electron chi connectivity index (χ1n) is 10.8. The molecule has 6 rings (SSSR count). The summed E-state index contributed by atoms with van der Waals surface area (Å²) in [6, 6.07) is 9.87. The Kier molecular flexibility index (Phi) is 4.71. The quantitative estimate of drug-likeness (QED) is 0.821. The number of carbonyl (C=O) groups is 1. The van der Waals surface area contributed by atoms with Crippen molar-refractivity contribution in [3.8, 4) is 0 Å². The van der Waals surface area contributed by atoms with Crippen LogP contribution in [0.25, 0.3) is 0 Å². The lowest BCUT2D eigenvalue weighted by atomic mass is 9.95. The summed E-state index contributed by atoms with van der Waals surface area (Å²) in [6.45, 7) is 5.63. The summed E-state index contributed by atoms with van der Waals surface area (Å²) in [5.74, 6) is 1.87. The van der Waals surface area contributed by atoms with E-state index in [1.165, 1.54) is 30.4 Å². The smallest absolute Gasteiger partial charge is 0.242 e. The average Bonchev–Trinajstić information content (AvgIpc) is 3.24. The number of imidazole rings is 1. The first-order chi connectivity index (χ1) is 13.7. The highest BCUT2D eigenvalue weighted by Gasteiger charge is 2.40. The Bertz CT molecular complexity index is 835. The third kappa shape index (κ3) is 3.26. The van der Waals surface area contributed by atoms with Crippen LogP contribution in [-0.2, 0) is 30.6 Å². The van der Waals surface area contributed by atoms with E-state index < -0.39 is 0 Å². The van der Waals surface area contributed by atoms with E-state index in [4.69, 9.17) is 0 Å². The van der Waals surface area contributed by atoms with Crippen LogP contribution >= 0.6 is 0 Å². The maximum atomic E-state index is 13.1. The van der Waals surface area contributed by atoms with Crippen LogP contribution in [0.4, 0.5) is 0 Å². The van der Waals surface area contributed by atoms with Crippen LogP contribution in [0.1, 0.15) is 36.7 Å². The van der Waals surface area contributed by atoms with Gasteiger partial charge in [0.2, 0.25) is 5.91 Å². The Labute approximate surface area is 167 Å². The first kappa shape index (κ1) is 17.9. The van der Waals surface area contributed by atoms with Crippen LogP contribution in [0.2, 0.25) is 0 Å². The number of benzene rings is 1. The first-order valence-corrected chi connectivity index (χ1v) is 10.8. The van der Waals surface area contributed by atoms with Gasteiger partial charge >= 0.3 is 0 Å². The number of nitrogens with zero attached hydrogens (tertiary/aromatic N) is 4. The molecule has 1 aliphatic carbocycles. The van der Waals surface area contributed by atoms with Crippen molar-refractivity contribution in [3.63, 3.8) is 0 Å². The van der Waals surface area contributed by atoms with Crippen molar-refractivity contribution in [2.45, 2.75) is 57.7 Å². The predicted molar refractivity (Wildman–Crippen MR) is 109 cm³/mol. The van der Waals surface area contributed by atoms with Crippen molar-refractivity contribution in [1.29, 1.82) is 0 Å². The fraction of sp³-hybridized carbons (Fsp3) is 0.565. The number of carbonyl (C=O) groups excluding carboxylic acids is 1. The van der Waals surface area contributed by atoms with Crippen LogP contribution in [0.5, 0.6) is 0 Å². The Morgan fingerprint density at radius 1 is 1.07 bits per heavy atom. The zero-order chi connectivity index (χ0) is 19.1. The molecule has 148 valence electrons. The van der Waals surface area contributed by atoms with Crippen molar-refractivity contribution in [2.75, 3.05) is 19.6 Å². The Morgan fingerprint density at radius 3 is 2.61 bits per heavy atom. The number of hydrogen-bond donors (Lipinski definition) is 0. The van der Waals surface area contributed by atoms with E-state index in [9.17, 15) is 4.79 Å². The second kappa shape index (κ2) is 7.36. The molecule has 1 amide bonds. The molecule has 1 aromatic heterocycles. The Morgan fingerprint density at radius 2 is 1.86 bits per heavy atom. The number of hydrogen-bond acceptors (Lipinski definition) is 3. The van der Waals surface area contributed by atoms with E-state index in [-0.39, 0.29) is 5.91 Å². The van der Waals surface area contributed by atoms with Crippen molar-refractivity contribution in [1.82, 2.24) is 19.4 Å². The second-order valence-corrected chi connectivity index (χ2v) is 8.75. The molecule has 2 aromatic rings. The second-order valence-electron chi connectivity index (χ2n) is 8.75. The van der Waals surface area contributed by atoms with Gasteiger partial charge in [-0.25, -0.2) is 4.98 Å². The van der Waals surface area contributed by atoms with Gasteiger partial charge in [-0.2, -0.15) is 0 Å².